The molecule has 35 heavy (non-hydrogen) atoms. The summed E-state index contributed by atoms with van der Waals surface area (Å²) >= 11 is 0. The van der Waals surface area contributed by atoms with Crippen LogP contribution in [0, 0.1) is 5.92 Å². The van der Waals surface area contributed by atoms with Crippen molar-refractivity contribution in [3.63, 3.8) is 0 Å². The van der Waals surface area contributed by atoms with Crippen LogP contribution in [0.5, 0.6) is 11.5 Å². The lowest BCUT2D eigenvalue weighted by molar-refractivity contribution is -0.146. The monoisotopic (exact) mass is 492 g/mol. The van der Waals surface area contributed by atoms with E-state index < -0.39 is 12.0 Å². The molecular formula is C23H27F3N6O3. The summed E-state index contributed by atoms with van der Waals surface area (Å²) in [4.78, 5) is 16.6. The number of benzene rings is 1. The molecule has 0 unspecified atom stereocenters. The molecule has 0 N–H and O–H groups in total. The summed E-state index contributed by atoms with van der Waals surface area (Å²) < 4.78 is 50.8. The van der Waals surface area contributed by atoms with Crippen molar-refractivity contribution in [2.45, 2.75) is 25.4 Å². The Balaban J connectivity index is 1.34. The molecule has 2 aromatic heterocycles. The minimum Gasteiger partial charge on any atom is -0.493 e. The van der Waals surface area contributed by atoms with Crippen LogP contribution in [0.15, 0.2) is 30.3 Å². The number of alkyl halides is 3. The molecule has 1 amide bonds. The molecule has 1 aromatic carbocycles. The third-order valence-electron chi connectivity index (χ3n) is 6.23. The number of hydrogen-bond donors (Lipinski definition) is 0. The van der Waals surface area contributed by atoms with E-state index in [1.807, 2.05) is 23.1 Å². The van der Waals surface area contributed by atoms with Gasteiger partial charge in [0.15, 0.2) is 17.1 Å². The fourth-order valence-electron chi connectivity index (χ4n) is 4.23. The van der Waals surface area contributed by atoms with Crippen molar-refractivity contribution in [1.82, 2.24) is 24.7 Å². The number of methoxy groups -OCH3 is 2. The number of piperidine rings is 1. The normalized spacial score (nSPS) is 14.9. The van der Waals surface area contributed by atoms with Gasteiger partial charge in [0.05, 0.1) is 14.2 Å². The van der Waals surface area contributed by atoms with Gasteiger partial charge < -0.3 is 19.3 Å². The molecule has 3 heterocycles. The third-order valence-corrected chi connectivity index (χ3v) is 6.23. The number of nitrogens with zero attached hydrogens (tertiary/aromatic N) is 6. The summed E-state index contributed by atoms with van der Waals surface area (Å²) in [5, 5.41) is 10.8. The van der Waals surface area contributed by atoms with E-state index in [1.165, 1.54) is 6.07 Å². The maximum absolute atomic E-state index is 13.2. The number of ether oxygens (including phenoxy) is 2. The van der Waals surface area contributed by atoms with Crippen LogP contribution in [0.4, 0.5) is 19.0 Å². The lowest BCUT2D eigenvalue weighted by Gasteiger charge is -2.33. The molecule has 12 heteroatoms. The Bertz CT molecular complexity index is 1190. The number of hydrogen-bond acceptors (Lipinski definition) is 7. The maximum Gasteiger partial charge on any atom is 0.453 e. The summed E-state index contributed by atoms with van der Waals surface area (Å²) in [6.07, 6.45) is -2.79. The number of aromatic nitrogens is 4. The summed E-state index contributed by atoms with van der Waals surface area (Å²) in [7, 11) is 4.95. The molecule has 1 aliphatic rings. The second kappa shape index (κ2) is 9.96. The number of fused-ring (bicyclic) bond motifs is 1. The summed E-state index contributed by atoms with van der Waals surface area (Å²) in [5.74, 6) is 0.454. The molecule has 1 saturated heterocycles. The van der Waals surface area contributed by atoms with Crippen LogP contribution in [-0.4, -0.2) is 71.5 Å². The second-order valence-corrected chi connectivity index (χ2v) is 8.44. The van der Waals surface area contributed by atoms with E-state index in [1.54, 1.807) is 32.2 Å². The van der Waals surface area contributed by atoms with Gasteiger partial charge in [-0.25, -0.2) is 0 Å². The number of carbonyl (C=O) groups is 1. The predicted octanol–water partition coefficient (Wildman–Crippen LogP) is 3.08. The zero-order chi connectivity index (χ0) is 25.2. The molecule has 0 aliphatic carbocycles. The van der Waals surface area contributed by atoms with Crippen molar-refractivity contribution < 1.29 is 27.4 Å². The first-order chi connectivity index (χ1) is 16.7. The lowest BCUT2D eigenvalue weighted by atomic mass is 9.95. The number of rotatable bonds is 7. The van der Waals surface area contributed by atoms with Crippen molar-refractivity contribution in [2.24, 2.45) is 5.92 Å². The highest BCUT2D eigenvalue weighted by atomic mass is 19.4. The molecular weight excluding hydrogens is 465 g/mol. The Morgan fingerprint density at radius 1 is 1.09 bits per heavy atom. The van der Waals surface area contributed by atoms with E-state index in [-0.39, 0.29) is 17.5 Å². The van der Waals surface area contributed by atoms with Crippen LogP contribution in [0.3, 0.4) is 0 Å². The van der Waals surface area contributed by atoms with Crippen LogP contribution < -0.4 is 14.4 Å². The van der Waals surface area contributed by atoms with Gasteiger partial charge in [-0.15, -0.1) is 15.3 Å². The van der Waals surface area contributed by atoms with Gasteiger partial charge in [0.25, 0.3) is 5.82 Å². The summed E-state index contributed by atoms with van der Waals surface area (Å²) in [5.41, 5.74) is 1.06. The summed E-state index contributed by atoms with van der Waals surface area (Å²) in [6, 6.07) is 8.78. The van der Waals surface area contributed by atoms with Crippen molar-refractivity contribution >= 4 is 17.4 Å². The van der Waals surface area contributed by atoms with Gasteiger partial charge in [-0.2, -0.15) is 17.7 Å². The SMILES string of the molecule is COc1ccc(CCN(C)C(=O)C2CCN(c3ccc4nnc(C(F)(F)F)n4n3)CC2)cc1OC. The Kier molecular flexibility index (Phi) is 6.99. The molecule has 0 radical (unpaired) electrons. The highest BCUT2D eigenvalue weighted by molar-refractivity contribution is 5.79. The zero-order valence-corrected chi connectivity index (χ0v) is 19.7. The molecule has 4 rings (SSSR count). The highest BCUT2D eigenvalue weighted by Gasteiger charge is 2.38. The highest BCUT2D eigenvalue weighted by Crippen LogP contribution is 2.30. The van der Waals surface area contributed by atoms with Gasteiger partial charge in [-0.05, 0) is 49.1 Å². The van der Waals surface area contributed by atoms with Gasteiger partial charge in [0.2, 0.25) is 5.91 Å². The minimum absolute atomic E-state index is 0.0299. The van der Waals surface area contributed by atoms with Crippen LogP contribution in [0.1, 0.15) is 24.2 Å². The quantitative estimate of drug-likeness (QED) is 0.501. The van der Waals surface area contributed by atoms with Crippen LogP contribution in [-0.2, 0) is 17.4 Å². The fourth-order valence-corrected chi connectivity index (χ4v) is 4.23. The molecule has 3 aromatic rings. The molecule has 1 aliphatic heterocycles. The van der Waals surface area contributed by atoms with Gasteiger partial charge in [-0.1, -0.05) is 6.07 Å². The van der Waals surface area contributed by atoms with E-state index in [0.717, 1.165) is 5.56 Å². The first kappa shape index (κ1) is 24.6. The minimum atomic E-state index is -4.65. The molecule has 9 nitrogen and oxygen atoms in total. The van der Waals surface area contributed by atoms with Gasteiger partial charge in [0, 0.05) is 32.6 Å². The van der Waals surface area contributed by atoms with Crippen LogP contribution in [0.2, 0.25) is 0 Å². The Hall–Kier alpha value is -3.57. The molecule has 0 atom stereocenters. The van der Waals surface area contributed by atoms with Gasteiger partial charge in [-0.3, -0.25) is 4.79 Å². The van der Waals surface area contributed by atoms with E-state index in [2.05, 4.69) is 15.3 Å². The molecule has 0 spiro atoms. The number of likely N-dealkylation sites (N-methyl/N-ethyl adjacent to an activating group) is 1. The molecule has 0 bridgehead atoms. The Morgan fingerprint density at radius 3 is 2.46 bits per heavy atom. The fraction of sp³-hybridized carbons (Fsp3) is 0.478. The van der Waals surface area contributed by atoms with Crippen LogP contribution >= 0.6 is 0 Å². The third kappa shape index (κ3) is 5.25. The molecule has 0 saturated carbocycles. The van der Waals surface area contributed by atoms with Crippen molar-refractivity contribution in [3.8, 4) is 11.5 Å². The van der Waals surface area contributed by atoms with Crippen LogP contribution in [0.25, 0.3) is 5.65 Å². The van der Waals surface area contributed by atoms with Crippen molar-refractivity contribution in [1.29, 1.82) is 0 Å². The van der Waals surface area contributed by atoms with Gasteiger partial charge in [0.1, 0.15) is 5.82 Å². The lowest BCUT2D eigenvalue weighted by Crippen LogP contribution is -2.42. The molecule has 188 valence electrons. The number of carbonyl (C=O) groups excluding carboxylic acids is 1. The maximum atomic E-state index is 13.2. The first-order valence-corrected chi connectivity index (χ1v) is 11.2. The van der Waals surface area contributed by atoms with Crippen molar-refractivity contribution in [2.75, 3.05) is 45.8 Å². The smallest absolute Gasteiger partial charge is 0.453 e. The Labute approximate surface area is 200 Å². The Morgan fingerprint density at radius 2 is 1.80 bits per heavy atom. The van der Waals surface area contributed by atoms with E-state index >= 15 is 0 Å². The van der Waals surface area contributed by atoms with E-state index in [9.17, 15) is 18.0 Å². The number of anilines is 1. The topological polar surface area (TPSA) is 85.1 Å². The molecule has 1 fully saturated rings. The average molecular weight is 493 g/mol. The number of amides is 1. The first-order valence-electron chi connectivity index (χ1n) is 11.2. The number of halogens is 3. The zero-order valence-electron chi connectivity index (χ0n) is 19.7. The summed E-state index contributed by atoms with van der Waals surface area (Å²) in [6.45, 7) is 1.59. The van der Waals surface area contributed by atoms with Crippen molar-refractivity contribution in [3.05, 3.63) is 41.7 Å². The predicted molar refractivity (Wildman–Crippen MR) is 122 cm³/mol. The van der Waals surface area contributed by atoms with E-state index in [4.69, 9.17) is 9.47 Å². The average Bonchev–Trinajstić information content (AvgIpc) is 3.30. The largest absolute Gasteiger partial charge is 0.493 e. The van der Waals surface area contributed by atoms with E-state index in [0.29, 0.717) is 60.7 Å². The second-order valence-electron chi connectivity index (χ2n) is 8.44. The van der Waals surface area contributed by atoms with Gasteiger partial charge >= 0.3 is 6.18 Å². The standard InChI is InChI=1S/C23H27F3N6O3/c1-30(11-8-15-4-5-17(34-2)18(14-15)35-3)21(33)16-9-12-31(13-10-16)20-7-6-19-27-28-22(23(24,25)26)32(19)29-20/h4-7,14,16H,8-13H2,1-3H3.